The highest BCUT2D eigenvalue weighted by Gasteiger charge is 2.42. The molecule has 0 spiro atoms. The molecule has 0 N–H and O–H groups in total. The molecule has 2 aliphatic heterocycles. The maximum atomic E-state index is 13.5. The smallest absolute Gasteiger partial charge is 0.245 e. The lowest BCUT2D eigenvalue weighted by Gasteiger charge is -2.28. The highest BCUT2D eigenvalue weighted by atomic mass is 32.2. The molecule has 2 aromatic carbocycles. The number of benzene rings is 2. The summed E-state index contributed by atoms with van der Waals surface area (Å²) in [4.78, 5) is 15.5. The zero-order valence-electron chi connectivity index (χ0n) is 18.8. The van der Waals surface area contributed by atoms with Crippen LogP contribution in [0.2, 0.25) is 0 Å². The third-order valence-corrected chi connectivity index (χ3v) is 10.4. The van der Waals surface area contributed by atoms with Crippen LogP contribution in [0.3, 0.4) is 0 Å². The molecule has 1 saturated heterocycles. The highest BCUT2D eigenvalue weighted by Crippen LogP contribution is 2.34. The maximum Gasteiger partial charge on any atom is 0.245 e. The molecule has 1 atom stereocenters. The predicted molar refractivity (Wildman–Crippen MR) is 126 cm³/mol. The molecule has 2 aromatic rings. The molecule has 0 aliphatic carbocycles. The fourth-order valence-corrected chi connectivity index (χ4v) is 7.84. The Bertz CT molecular complexity index is 1240. The molecule has 0 aromatic heterocycles. The summed E-state index contributed by atoms with van der Waals surface area (Å²) in [5.74, 6) is -0.259. The van der Waals surface area contributed by atoms with Gasteiger partial charge < -0.3 is 4.90 Å². The second kappa shape index (κ2) is 9.17. The summed E-state index contributed by atoms with van der Waals surface area (Å²) < 4.78 is 54.8. The van der Waals surface area contributed by atoms with Gasteiger partial charge in [-0.25, -0.2) is 16.8 Å². The summed E-state index contributed by atoms with van der Waals surface area (Å²) in [6.07, 6.45) is 1.61. The van der Waals surface area contributed by atoms with Gasteiger partial charge in [-0.2, -0.15) is 8.61 Å². The molecule has 0 radical (unpaired) electrons. The Morgan fingerprint density at radius 1 is 0.970 bits per heavy atom. The van der Waals surface area contributed by atoms with Gasteiger partial charge in [0.05, 0.1) is 9.79 Å². The van der Waals surface area contributed by atoms with E-state index < -0.39 is 26.1 Å². The number of fused-ring (bicyclic) bond motifs is 1. The van der Waals surface area contributed by atoms with Crippen LogP contribution < -0.4 is 4.90 Å². The van der Waals surface area contributed by atoms with Crippen molar-refractivity contribution in [3.8, 4) is 0 Å². The topological polar surface area (TPSA) is 95.1 Å². The van der Waals surface area contributed by atoms with Crippen molar-refractivity contribution in [3.63, 3.8) is 0 Å². The van der Waals surface area contributed by atoms with E-state index >= 15 is 0 Å². The Balaban J connectivity index is 1.60. The Morgan fingerprint density at radius 3 is 2.33 bits per heavy atom. The number of carbonyl (C=O) groups excluding carboxylic acids is 1. The quantitative estimate of drug-likeness (QED) is 0.593. The summed E-state index contributed by atoms with van der Waals surface area (Å²) >= 11 is 0. The Hall–Kier alpha value is -2.27. The lowest BCUT2D eigenvalue weighted by atomic mass is 10.1. The van der Waals surface area contributed by atoms with Crippen LogP contribution in [0.4, 0.5) is 5.69 Å². The minimum atomic E-state index is -3.78. The van der Waals surface area contributed by atoms with Gasteiger partial charge in [0.15, 0.2) is 0 Å². The normalized spacial score (nSPS) is 19.2. The van der Waals surface area contributed by atoms with Crippen LogP contribution in [0, 0.1) is 0 Å². The molecule has 0 saturated carbocycles. The van der Waals surface area contributed by atoms with Crippen LogP contribution in [0.25, 0.3) is 0 Å². The minimum Gasteiger partial charge on any atom is -0.310 e. The molecule has 1 amide bonds. The van der Waals surface area contributed by atoms with Crippen LogP contribution in [0.15, 0.2) is 58.3 Å². The van der Waals surface area contributed by atoms with Crippen molar-refractivity contribution in [1.82, 2.24) is 8.61 Å². The first-order valence-corrected chi connectivity index (χ1v) is 14.1. The summed E-state index contributed by atoms with van der Waals surface area (Å²) in [6, 6.07) is 12.2. The van der Waals surface area contributed by atoms with Gasteiger partial charge in [0.1, 0.15) is 6.04 Å². The number of anilines is 1. The molecule has 8 nitrogen and oxygen atoms in total. The van der Waals surface area contributed by atoms with Gasteiger partial charge in [0.25, 0.3) is 0 Å². The Kier molecular flexibility index (Phi) is 6.63. The summed E-state index contributed by atoms with van der Waals surface area (Å²) in [6.45, 7) is 5.06. The van der Waals surface area contributed by atoms with Crippen molar-refractivity contribution in [2.75, 3.05) is 31.1 Å². The van der Waals surface area contributed by atoms with Gasteiger partial charge in [0.2, 0.25) is 26.0 Å². The van der Waals surface area contributed by atoms with E-state index in [1.807, 2.05) is 0 Å². The molecule has 1 fully saturated rings. The summed E-state index contributed by atoms with van der Waals surface area (Å²) in [5, 5.41) is 0. The summed E-state index contributed by atoms with van der Waals surface area (Å²) in [5.41, 5.74) is 1.44. The van der Waals surface area contributed by atoms with Crippen molar-refractivity contribution in [3.05, 3.63) is 54.1 Å². The number of sulfonamides is 2. The second-order valence-electron chi connectivity index (χ2n) is 8.21. The number of rotatable bonds is 7. The molecule has 2 aliphatic rings. The van der Waals surface area contributed by atoms with E-state index in [9.17, 15) is 21.6 Å². The van der Waals surface area contributed by atoms with E-state index in [0.717, 1.165) is 5.56 Å². The van der Waals surface area contributed by atoms with E-state index in [1.165, 1.54) is 26.8 Å². The van der Waals surface area contributed by atoms with Gasteiger partial charge in [0, 0.05) is 31.9 Å². The molecule has 4 rings (SSSR count). The zero-order valence-corrected chi connectivity index (χ0v) is 20.5. The first-order chi connectivity index (χ1) is 15.7. The Morgan fingerprint density at radius 2 is 1.67 bits per heavy atom. The van der Waals surface area contributed by atoms with Gasteiger partial charge >= 0.3 is 0 Å². The monoisotopic (exact) mass is 491 g/mol. The minimum absolute atomic E-state index is 0.178. The molecule has 10 heteroatoms. The largest absolute Gasteiger partial charge is 0.310 e. The first-order valence-electron chi connectivity index (χ1n) is 11.2. The van der Waals surface area contributed by atoms with Gasteiger partial charge in [-0.05, 0) is 55.2 Å². The molecule has 1 unspecified atom stereocenters. The van der Waals surface area contributed by atoms with Crippen LogP contribution in [0.1, 0.15) is 32.3 Å². The van der Waals surface area contributed by atoms with E-state index in [1.54, 1.807) is 49.1 Å². The molecule has 33 heavy (non-hydrogen) atoms. The molecule has 2 heterocycles. The standard InChI is InChI=1S/C23H29N3O5S2/c1-3-24(4-2)32(28,29)20-12-13-21-18(17-20)14-16-25(21)23(27)22-11-8-15-26(22)33(30,31)19-9-6-5-7-10-19/h5-7,9-10,12-13,17,22H,3-4,8,11,14-16H2,1-2H3. The van der Waals surface area contributed by atoms with E-state index in [-0.39, 0.29) is 15.7 Å². The number of carbonyl (C=O) groups is 1. The SMILES string of the molecule is CCN(CC)S(=O)(=O)c1ccc2c(c1)CCN2C(=O)C1CCCN1S(=O)(=O)c1ccccc1. The van der Waals surface area contributed by atoms with E-state index in [2.05, 4.69) is 0 Å². The zero-order chi connectivity index (χ0) is 23.8. The molecular weight excluding hydrogens is 462 g/mol. The average molecular weight is 492 g/mol. The van der Waals surface area contributed by atoms with Crippen molar-refractivity contribution >= 4 is 31.6 Å². The van der Waals surface area contributed by atoms with E-state index in [4.69, 9.17) is 0 Å². The van der Waals surface area contributed by atoms with Crippen LogP contribution >= 0.6 is 0 Å². The molecule has 178 valence electrons. The lowest BCUT2D eigenvalue weighted by Crippen LogP contribution is -2.47. The van der Waals surface area contributed by atoms with Crippen LogP contribution in [0.5, 0.6) is 0 Å². The van der Waals surface area contributed by atoms with Crippen LogP contribution in [-0.4, -0.2) is 63.6 Å². The van der Waals surface area contributed by atoms with E-state index in [0.29, 0.717) is 51.1 Å². The fourth-order valence-electron chi connectivity index (χ4n) is 4.66. The number of amides is 1. The summed E-state index contributed by atoms with van der Waals surface area (Å²) in [7, 11) is -7.37. The predicted octanol–water partition coefficient (Wildman–Crippen LogP) is 2.46. The van der Waals surface area contributed by atoms with Gasteiger partial charge in [-0.3, -0.25) is 4.79 Å². The van der Waals surface area contributed by atoms with Crippen molar-refractivity contribution in [2.24, 2.45) is 0 Å². The number of hydrogen-bond acceptors (Lipinski definition) is 5. The fraction of sp³-hybridized carbons (Fsp3) is 0.435. The number of hydrogen-bond donors (Lipinski definition) is 0. The van der Waals surface area contributed by atoms with Gasteiger partial charge in [-0.15, -0.1) is 0 Å². The average Bonchev–Trinajstić information content (AvgIpc) is 3.47. The molecular formula is C23H29N3O5S2. The highest BCUT2D eigenvalue weighted by molar-refractivity contribution is 7.89. The van der Waals surface area contributed by atoms with Gasteiger partial charge in [-0.1, -0.05) is 32.0 Å². The lowest BCUT2D eigenvalue weighted by molar-refractivity contribution is -0.121. The third-order valence-electron chi connectivity index (χ3n) is 6.39. The Labute approximate surface area is 195 Å². The maximum absolute atomic E-state index is 13.5. The van der Waals surface area contributed by atoms with Crippen molar-refractivity contribution in [1.29, 1.82) is 0 Å². The number of nitrogens with zero attached hydrogens (tertiary/aromatic N) is 3. The van der Waals surface area contributed by atoms with Crippen molar-refractivity contribution in [2.45, 2.75) is 48.9 Å². The van der Waals surface area contributed by atoms with Crippen LogP contribution in [-0.2, 0) is 31.3 Å². The second-order valence-corrected chi connectivity index (χ2v) is 12.0. The first kappa shape index (κ1) is 23.9. The third kappa shape index (κ3) is 4.21. The van der Waals surface area contributed by atoms with Crippen molar-refractivity contribution < 1.29 is 21.6 Å². The molecule has 0 bridgehead atoms.